The quantitative estimate of drug-likeness (QED) is 0.867. The summed E-state index contributed by atoms with van der Waals surface area (Å²) >= 11 is 0. The van der Waals surface area contributed by atoms with Crippen LogP contribution in [0.2, 0.25) is 0 Å². The predicted octanol–water partition coefficient (Wildman–Crippen LogP) is 2.61. The van der Waals surface area contributed by atoms with E-state index in [2.05, 4.69) is 11.8 Å². The molecule has 1 aromatic rings. The molecule has 1 fully saturated rings. The summed E-state index contributed by atoms with van der Waals surface area (Å²) in [6.07, 6.45) is 4.72. The van der Waals surface area contributed by atoms with Crippen molar-refractivity contribution in [2.45, 2.75) is 44.5 Å². The lowest BCUT2D eigenvalue weighted by molar-refractivity contribution is -0.0363. The molecular formula is C17H22FNO2. The van der Waals surface area contributed by atoms with E-state index in [4.69, 9.17) is 15.2 Å². The number of nitrogens with two attached hydrogens (primary N) is 1. The molecule has 2 rings (SSSR count). The van der Waals surface area contributed by atoms with Gasteiger partial charge in [-0.15, -0.1) is 0 Å². The molecule has 0 spiro atoms. The Hall–Kier alpha value is -1.41. The van der Waals surface area contributed by atoms with Gasteiger partial charge in [0.25, 0.3) is 0 Å². The lowest BCUT2D eigenvalue weighted by Gasteiger charge is -2.28. The minimum absolute atomic E-state index is 0.215. The van der Waals surface area contributed by atoms with Crippen LogP contribution < -0.4 is 5.73 Å². The number of halogens is 1. The van der Waals surface area contributed by atoms with Gasteiger partial charge in [0, 0.05) is 7.11 Å². The highest BCUT2D eigenvalue weighted by molar-refractivity contribution is 5.38. The average molecular weight is 291 g/mol. The predicted molar refractivity (Wildman–Crippen MR) is 80.2 cm³/mol. The Kier molecular flexibility index (Phi) is 6.19. The molecule has 3 nitrogen and oxygen atoms in total. The lowest BCUT2D eigenvalue weighted by Crippen LogP contribution is -2.27. The van der Waals surface area contributed by atoms with Crippen LogP contribution in [-0.2, 0) is 16.1 Å². The number of rotatable bonds is 4. The van der Waals surface area contributed by atoms with E-state index in [0.29, 0.717) is 18.3 Å². The van der Waals surface area contributed by atoms with Crippen LogP contribution in [0, 0.1) is 17.7 Å². The summed E-state index contributed by atoms with van der Waals surface area (Å²) in [7, 11) is 1.75. The van der Waals surface area contributed by atoms with E-state index in [0.717, 1.165) is 31.2 Å². The van der Waals surface area contributed by atoms with Gasteiger partial charge in [0.05, 0.1) is 30.9 Å². The van der Waals surface area contributed by atoms with Crippen molar-refractivity contribution < 1.29 is 13.9 Å². The highest BCUT2D eigenvalue weighted by atomic mass is 19.1. The molecule has 2 atom stereocenters. The van der Waals surface area contributed by atoms with Crippen LogP contribution in [0.15, 0.2) is 18.2 Å². The molecule has 0 bridgehead atoms. The number of hydrogen-bond donors (Lipinski definition) is 1. The second-order valence-electron chi connectivity index (χ2n) is 5.28. The van der Waals surface area contributed by atoms with E-state index < -0.39 is 0 Å². The molecule has 1 aromatic carbocycles. The lowest BCUT2D eigenvalue weighted by atomic mass is 9.95. The Bertz CT molecular complexity index is 521. The highest BCUT2D eigenvalue weighted by Gasteiger charge is 2.22. The molecule has 21 heavy (non-hydrogen) atoms. The molecule has 0 amide bonds. The monoisotopic (exact) mass is 291 g/mol. The van der Waals surface area contributed by atoms with Crippen LogP contribution in [-0.4, -0.2) is 25.9 Å². The molecular weight excluding hydrogens is 269 g/mol. The Balaban J connectivity index is 1.93. The molecule has 0 aromatic heterocycles. The SMILES string of the molecule is COC1CCCC(OCc2ccc(F)c(C#CCN)c2)C1. The summed E-state index contributed by atoms with van der Waals surface area (Å²) in [5.41, 5.74) is 6.62. The van der Waals surface area contributed by atoms with Crippen molar-refractivity contribution in [2.75, 3.05) is 13.7 Å². The number of ether oxygens (including phenoxy) is 2. The second kappa shape index (κ2) is 8.14. The van der Waals surface area contributed by atoms with Gasteiger partial charge in [-0.05, 0) is 43.4 Å². The molecule has 4 heteroatoms. The molecule has 0 saturated heterocycles. The van der Waals surface area contributed by atoms with E-state index in [1.807, 2.05) is 0 Å². The van der Waals surface area contributed by atoms with Crippen molar-refractivity contribution >= 4 is 0 Å². The fourth-order valence-corrected chi connectivity index (χ4v) is 2.59. The zero-order valence-electron chi connectivity index (χ0n) is 12.4. The molecule has 2 N–H and O–H groups in total. The maximum Gasteiger partial charge on any atom is 0.138 e. The van der Waals surface area contributed by atoms with Gasteiger partial charge in [-0.25, -0.2) is 4.39 Å². The smallest absolute Gasteiger partial charge is 0.138 e. The van der Waals surface area contributed by atoms with E-state index in [9.17, 15) is 4.39 Å². The highest BCUT2D eigenvalue weighted by Crippen LogP contribution is 2.24. The molecule has 0 heterocycles. The van der Waals surface area contributed by atoms with Crippen LogP contribution in [0.4, 0.5) is 4.39 Å². The first-order chi connectivity index (χ1) is 10.2. The standard InChI is InChI=1S/C17H22FNO2/c1-20-15-5-2-6-16(11-15)21-12-13-7-8-17(18)14(10-13)4-3-9-19/h7-8,10,15-16H,2,5-6,9,11-12,19H2,1H3. The minimum atomic E-state index is -0.322. The zero-order valence-corrected chi connectivity index (χ0v) is 12.4. The number of hydrogen-bond acceptors (Lipinski definition) is 3. The van der Waals surface area contributed by atoms with Crippen molar-refractivity contribution in [1.82, 2.24) is 0 Å². The van der Waals surface area contributed by atoms with Crippen molar-refractivity contribution in [3.8, 4) is 11.8 Å². The molecule has 0 aliphatic heterocycles. The third-order valence-electron chi connectivity index (χ3n) is 3.75. The van der Waals surface area contributed by atoms with Crippen LogP contribution >= 0.6 is 0 Å². The molecule has 1 aliphatic carbocycles. The van der Waals surface area contributed by atoms with E-state index in [-0.39, 0.29) is 18.5 Å². The normalized spacial score (nSPS) is 21.7. The third-order valence-corrected chi connectivity index (χ3v) is 3.75. The first kappa shape index (κ1) is 16.0. The fraction of sp³-hybridized carbons (Fsp3) is 0.529. The van der Waals surface area contributed by atoms with E-state index in [1.165, 1.54) is 6.07 Å². The molecule has 1 aliphatic rings. The minimum Gasteiger partial charge on any atom is -0.381 e. The molecule has 1 saturated carbocycles. The third kappa shape index (κ3) is 4.82. The molecule has 0 radical (unpaired) electrons. The maximum absolute atomic E-state index is 13.6. The van der Waals surface area contributed by atoms with Gasteiger partial charge in [-0.1, -0.05) is 17.9 Å². The Morgan fingerprint density at radius 3 is 2.90 bits per heavy atom. The summed E-state index contributed by atoms with van der Waals surface area (Å²) < 4.78 is 24.9. The zero-order chi connectivity index (χ0) is 15.1. The largest absolute Gasteiger partial charge is 0.381 e. The molecule has 114 valence electrons. The average Bonchev–Trinajstić information content (AvgIpc) is 2.53. The maximum atomic E-state index is 13.6. The van der Waals surface area contributed by atoms with Crippen molar-refractivity contribution in [3.63, 3.8) is 0 Å². The van der Waals surface area contributed by atoms with Gasteiger partial charge in [-0.2, -0.15) is 0 Å². The fourth-order valence-electron chi connectivity index (χ4n) is 2.59. The van der Waals surface area contributed by atoms with Crippen molar-refractivity contribution in [1.29, 1.82) is 0 Å². The summed E-state index contributed by atoms with van der Waals surface area (Å²) in [6, 6.07) is 4.90. The van der Waals surface area contributed by atoms with Crippen LogP contribution in [0.1, 0.15) is 36.8 Å². The van der Waals surface area contributed by atoms with Crippen LogP contribution in [0.5, 0.6) is 0 Å². The van der Waals surface area contributed by atoms with Crippen LogP contribution in [0.25, 0.3) is 0 Å². The van der Waals surface area contributed by atoms with E-state index in [1.54, 1.807) is 19.2 Å². The summed E-state index contributed by atoms with van der Waals surface area (Å²) in [5.74, 6) is 5.09. The Morgan fingerprint density at radius 1 is 1.33 bits per heavy atom. The summed E-state index contributed by atoms with van der Waals surface area (Å²) in [4.78, 5) is 0. The summed E-state index contributed by atoms with van der Waals surface area (Å²) in [5, 5.41) is 0. The van der Waals surface area contributed by atoms with Gasteiger partial charge >= 0.3 is 0 Å². The van der Waals surface area contributed by atoms with E-state index >= 15 is 0 Å². The first-order valence-corrected chi connectivity index (χ1v) is 7.34. The van der Waals surface area contributed by atoms with Gasteiger partial charge < -0.3 is 15.2 Å². The second-order valence-corrected chi connectivity index (χ2v) is 5.28. The van der Waals surface area contributed by atoms with Gasteiger partial charge in [-0.3, -0.25) is 0 Å². The Labute approximate surface area is 125 Å². The van der Waals surface area contributed by atoms with Gasteiger partial charge in [0.15, 0.2) is 0 Å². The van der Waals surface area contributed by atoms with Crippen molar-refractivity contribution in [3.05, 3.63) is 35.1 Å². The van der Waals surface area contributed by atoms with Crippen LogP contribution in [0.3, 0.4) is 0 Å². The first-order valence-electron chi connectivity index (χ1n) is 7.34. The van der Waals surface area contributed by atoms with Crippen molar-refractivity contribution in [2.24, 2.45) is 5.73 Å². The van der Waals surface area contributed by atoms with Gasteiger partial charge in [0.2, 0.25) is 0 Å². The summed E-state index contributed by atoms with van der Waals surface area (Å²) in [6.45, 7) is 0.694. The molecule has 2 unspecified atom stereocenters. The van der Waals surface area contributed by atoms with Gasteiger partial charge in [0.1, 0.15) is 5.82 Å². The Morgan fingerprint density at radius 2 is 2.14 bits per heavy atom. The topological polar surface area (TPSA) is 44.5 Å². The number of methoxy groups -OCH3 is 1. The number of benzene rings is 1.